The highest BCUT2D eigenvalue weighted by Crippen LogP contribution is 2.32. The number of thiazole rings is 1. The number of nitrogens with one attached hydrogen (secondary N) is 1. The number of anilines is 1. The summed E-state index contributed by atoms with van der Waals surface area (Å²) in [4.78, 5) is 17.4. The molecule has 0 fully saturated rings. The lowest BCUT2D eigenvalue weighted by molar-refractivity contribution is -0.121. The van der Waals surface area contributed by atoms with Crippen LogP contribution in [0.2, 0.25) is 0 Å². The number of nitrogens with zero attached hydrogens (tertiary/aromatic N) is 1. The smallest absolute Gasteiger partial charge is 0.250 e. The number of carbonyl (C=O) groups excluding carboxylic acids is 1. The van der Waals surface area contributed by atoms with Crippen molar-refractivity contribution in [2.24, 2.45) is 0 Å². The van der Waals surface area contributed by atoms with Crippen LogP contribution in [0.25, 0.3) is 0 Å². The molecule has 0 saturated heterocycles. The molecule has 0 bridgehead atoms. The van der Waals surface area contributed by atoms with Crippen molar-refractivity contribution in [1.82, 2.24) is 4.98 Å². The van der Waals surface area contributed by atoms with Crippen LogP contribution in [0.4, 0.5) is 5.69 Å². The van der Waals surface area contributed by atoms with Crippen molar-refractivity contribution >= 4 is 34.7 Å². The van der Waals surface area contributed by atoms with Crippen LogP contribution in [0.5, 0.6) is 0 Å². The fourth-order valence-corrected chi connectivity index (χ4v) is 3.72. The van der Waals surface area contributed by atoms with E-state index in [0.29, 0.717) is 13.2 Å². The van der Waals surface area contributed by atoms with Crippen molar-refractivity contribution in [2.45, 2.75) is 23.1 Å². The van der Waals surface area contributed by atoms with Gasteiger partial charge in [0.2, 0.25) is 5.91 Å². The Balaban J connectivity index is 1.90. The lowest BCUT2D eigenvalue weighted by atomic mass is 10.2. The third kappa shape index (κ3) is 5.95. The molecule has 0 unspecified atom stereocenters. The van der Waals surface area contributed by atoms with Crippen LogP contribution in [0.15, 0.2) is 32.8 Å². The molecule has 1 heterocycles. The summed E-state index contributed by atoms with van der Waals surface area (Å²) in [5.41, 5.74) is 2.84. The summed E-state index contributed by atoms with van der Waals surface area (Å²) in [6, 6.07) is 5.93. The van der Waals surface area contributed by atoms with Crippen LogP contribution in [0, 0.1) is 13.8 Å². The number of ether oxygens (including phenoxy) is 2. The van der Waals surface area contributed by atoms with Gasteiger partial charge in [-0.3, -0.25) is 4.79 Å². The molecule has 5 nitrogen and oxygen atoms in total. The van der Waals surface area contributed by atoms with Gasteiger partial charge in [-0.15, -0.1) is 11.3 Å². The number of amides is 1. The highest BCUT2D eigenvalue weighted by Gasteiger charge is 2.07. The Morgan fingerprint density at radius 1 is 1.35 bits per heavy atom. The van der Waals surface area contributed by atoms with E-state index in [2.05, 4.69) is 10.3 Å². The van der Waals surface area contributed by atoms with Crippen LogP contribution in [-0.2, 0) is 14.3 Å². The molecule has 0 saturated carbocycles. The number of hydrogen-bond donors (Lipinski definition) is 1. The molecule has 0 aliphatic rings. The summed E-state index contributed by atoms with van der Waals surface area (Å²) >= 11 is 3.26. The lowest BCUT2D eigenvalue weighted by Gasteiger charge is -2.10. The fraction of sp³-hybridized carbons (Fsp3) is 0.375. The first kappa shape index (κ1) is 17.9. The SMILES string of the molecule is COCCOCC(=O)Nc1ccc(Sc2nc(C)cs2)cc1C. The molecule has 23 heavy (non-hydrogen) atoms. The maximum Gasteiger partial charge on any atom is 0.250 e. The van der Waals surface area contributed by atoms with Crippen molar-refractivity contribution < 1.29 is 14.3 Å². The predicted molar refractivity (Wildman–Crippen MR) is 93.5 cm³/mol. The van der Waals surface area contributed by atoms with Crippen molar-refractivity contribution in [2.75, 3.05) is 32.2 Å². The molecular formula is C16H20N2O3S2. The van der Waals surface area contributed by atoms with Gasteiger partial charge in [0, 0.05) is 28.8 Å². The minimum absolute atomic E-state index is 0.0255. The summed E-state index contributed by atoms with van der Waals surface area (Å²) in [7, 11) is 1.60. The number of aromatic nitrogens is 1. The van der Waals surface area contributed by atoms with Crippen LogP contribution < -0.4 is 5.32 Å². The highest BCUT2D eigenvalue weighted by atomic mass is 32.2. The number of benzene rings is 1. The van der Waals surface area contributed by atoms with Gasteiger partial charge >= 0.3 is 0 Å². The van der Waals surface area contributed by atoms with Gasteiger partial charge in [-0.05, 0) is 37.6 Å². The third-order valence-corrected chi connectivity index (χ3v) is 4.99. The number of aryl methyl sites for hydroxylation is 2. The number of hydrogen-bond acceptors (Lipinski definition) is 6. The average molecular weight is 352 g/mol. The van der Waals surface area contributed by atoms with Gasteiger partial charge < -0.3 is 14.8 Å². The second kappa shape index (κ2) is 9.02. The van der Waals surface area contributed by atoms with Crippen LogP contribution in [0.1, 0.15) is 11.3 Å². The first-order valence-corrected chi connectivity index (χ1v) is 8.85. The minimum atomic E-state index is -0.167. The van der Waals surface area contributed by atoms with Crippen molar-refractivity contribution in [3.63, 3.8) is 0 Å². The molecule has 0 aliphatic carbocycles. The maximum atomic E-state index is 11.8. The maximum absolute atomic E-state index is 11.8. The minimum Gasteiger partial charge on any atom is -0.382 e. The molecule has 1 amide bonds. The Kier molecular flexibility index (Phi) is 7.04. The molecule has 2 aromatic rings. The summed E-state index contributed by atoms with van der Waals surface area (Å²) in [6.45, 7) is 4.87. The molecule has 1 aromatic heterocycles. The third-order valence-electron chi connectivity index (χ3n) is 2.94. The fourth-order valence-electron chi connectivity index (χ4n) is 1.81. The number of methoxy groups -OCH3 is 1. The summed E-state index contributed by atoms with van der Waals surface area (Å²) in [6.07, 6.45) is 0. The van der Waals surface area contributed by atoms with Crippen LogP contribution in [0.3, 0.4) is 0 Å². The second-order valence-electron chi connectivity index (χ2n) is 4.93. The molecule has 1 N–H and O–H groups in total. The van der Waals surface area contributed by atoms with E-state index < -0.39 is 0 Å². The van der Waals surface area contributed by atoms with Crippen molar-refractivity contribution in [3.8, 4) is 0 Å². The molecule has 124 valence electrons. The topological polar surface area (TPSA) is 60.5 Å². The van der Waals surface area contributed by atoms with E-state index in [9.17, 15) is 4.79 Å². The van der Waals surface area contributed by atoms with Crippen LogP contribution >= 0.6 is 23.1 Å². The zero-order valence-electron chi connectivity index (χ0n) is 13.4. The van der Waals surface area contributed by atoms with Gasteiger partial charge in [0.25, 0.3) is 0 Å². The lowest BCUT2D eigenvalue weighted by Crippen LogP contribution is -2.20. The quantitative estimate of drug-likeness (QED) is 0.737. The molecule has 1 aromatic carbocycles. The van der Waals surface area contributed by atoms with E-state index in [1.165, 1.54) is 0 Å². The van der Waals surface area contributed by atoms with Gasteiger partial charge in [0.05, 0.1) is 13.2 Å². The zero-order valence-corrected chi connectivity index (χ0v) is 15.1. The Bertz CT molecular complexity index is 659. The normalized spacial score (nSPS) is 10.7. The Morgan fingerprint density at radius 2 is 2.17 bits per heavy atom. The molecular weight excluding hydrogens is 332 g/mol. The van der Waals surface area contributed by atoms with Crippen LogP contribution in [-0.4, -0.2) is 37.8 Å². The summed E-state index contributed by atoms with van der Waals surface area (Å²) < 4.78 is 11.1. The van der Waals surface area contributed by atoms with Gasteiger partial charge in [0.15, 0.2) is 4.34 Å². The van der Waals surface area contributed by atoms with E-state index in [-0.39, 0.29) is 12.5 Å². The molecule has 0 radical (unpaired) electrons. The molecule has 7 heteroatoms. The number of rotatable bonds is 8. The second-order valence-corrected chi connectivity index (χ2v) is 7.11. The Morgan fingerprint density at radius 3 is 2.83 bits per heavy atom. The first-order valence-electron chi connectivity index (χ1n) is 7.15. The van der Waals surface area contributed by atoms with Gasteiger partial charge in [-0.25, -0.2) is 4.98 Å². The monoisotopic (exact) mass is 352 g/mol. The zero-order chi connectivity index (χ0) is 16.7. The Hall–Kier alpha value is -1.41. The van der Waals surface area contributed by atoms with Gasteiger partial charge in [-0.1, -0.05) is 11.8 Å². The largest absolute Gasteiger partial charge is 0.382 e. The highest BCUT2D eigenvalue weighted by molar-refractivity contribution is 8.01. The first-order chi connectivity index (χ1) is 11.1. The molecule has 0 spiro atoms. The van der Waals surface area contributed by atoms with E-state index in [1.54, 1.807) is 30.2 Å². The van der Waals surface area contributed by atoms with Crippen molar-refractivity contribution in [3.05, 3.63) is 34.8 Å². The van der Waals surface area contributed by atoms with E-state index in [0.717, 1.165) is 26.2 Å². The predicted octanol–water partition coefficient (Wildman–Crippen LogP) is 3.51. The standard InChI is InChI=1S/C16H20N2O3S2/c1-11-8-13(23-16-17-12(2)10-22-16)4-5-14(11)18-15(19)9-21-7-6-20-3/h4-5,8,10H,6-7,9H2,1-3H3,(H,18,19). The van der Waals surface area contributed by atoms with Crippen molar-refractivity contribution in [1.29, 1.82) is 0 Å². The molecule has 2 rings (SSSR count). The van der Waals surface area contributed by atoms with E-state index in [1.807, 2.05) is 37.4 Å². The van der Waals surface area contributed by atoms with Gasteiger partial charge in [0.1, 0.15) is 6.61 Å². The number of carbonyl (C=O) groups is 1. The van der Waals surface area contributed by atoms with Gasteiger partial charge in [-0.2, -0.15) is 0 Å². The molecule has 0 atom stereocenters. The van der Waals surface area contributed by atoms with E-state index >= 15 is 0 Å². The summed E-state index contributed by atoms with van der Waals surface area (Å²) in [5.74, 6) is -0.167. The summed E-state index contributed by atoms with van der Waals surface area (Å²) in [5, 5.41) is 4.89. The Labute approximate surface area is 144 Å². The van der Waals surface area contributed by atoms with E-state index in [4.69, 9.17) is 9.47 Å². The molecule has 0 aliphatic heterocycles. The average Bonchev–Trinajstić information content (AvgIpc) is 2.92.